The summed E-state index contributed by atoms with van der Waals surface area (Å²) in [6.07, 6.45) is 5.91. The van der Waals surface area contributed by atoms with E-state index in [0.717, 1.165) is 31.2 Å². The van der Waals surface area contributed by atoms with Crippen LogP contribution in [0.5, 0.6) is 0 Å². The fourth-order valence-corrected chi connectivity index (χ4v) is 3.37. The highest BCUT2D eigenvalue weighted by atomic mass is 16.4. The molecule has 1 unspecified atom stereocenters. The fraction of sp³-hybridized carbons (Fsp3) is 0.421. The van der Waals surface area contributed by atoms with Crippen molar-refractivity contribution in [2.75, 3.05) is 0 Å². The predicted molar refractivity (Wildman–Crippen MR) is 93.1 cm³/mol. The first-order valence-corrected chi connectivity index (χ1v) is 8.69. The number of amides is 1. The quantitative estimate of drug-likeness (QED) is 0.876. The van der Waals surface area contributed by atoms with E-state index < -0.39 is 12.0 Å². The lowest BCUT2D eigenvalue weighted by Gasteiger charge is -2.27. The zero-order valence-corrected chi connectivity index (χ0v) is 14.3. The highest BCUT2D eigenvalue weighted by Gasteiger charge is 2.30. The van der Waals surface area contributed by atoms with Gasteiger partial charge in [0.15, 0.2) is 0 Å². The monoisotopic (exact) mass is 341 g/mol. The number of hydrogen-bond acceptors (Lipinski definition) is 3. The lowest BCUT2D eigenvalue weighted by atomic mass is 10.1. The molecule has 1 aliphatic carbocycles. The van der Waals surface area contributed by atoms with Crippen molar-refractivity contribution in [3.05, 3.63) is 53.9 Å². The molecule has 1 amide bonds. The molecule has 1 heterocycles. The first-order chi connectivity index (χ1) is 12.1. The summed E-state index contributed by atoms with van der Waals surface area (Å²) in [5.41, 5.74) is 1.37. The van der Waals surface area contributed by atoms with Gasteiger partial charge in [0.05, 0.1) is 6.04 Å². The van der Waals surface area contributed by atoms with Crippen LogP contribution in [0.1, 0.15) is 54.7 Å². The summed E-state index contributed by atoms with van der Waals surface area (Å²) >= 11 is 0. The Balaban J connectivity index is 1.89. The van der Waals surface area contributed by atoms with Gasteiger partial charge in [-0.05, 0) is 31.4 Å². The van der Waals surface area contributed by atoms with Gasteiger partial charge in [-0.25, -0.2) is 4.79 Å². The SMILES string of the molecule is CC(C(=O)O)N(Cc1ccccc1)C(=O)c1ccnn1C1CCCC1. The summed E-state index contributed by atoms with van der Waals surface area (Å²) in [7, 11) is 0. The summed E-state index contributed by atoms with van der Waals surface area (Å²) in [6, 6.07) is 10.4. The number of rotatable bonds is 6. The Labute approximate surface area is 147 Å². The van der Waals surface area contributed by atoms with Gasteiger partial charge in [-0.15, -0.1) is 0 Å². The molecule has 1 N–H and O–H groups in total. The third-order valence-corrected chi connectivity index (χ3v) is 4.84. The largest absolute Gasteiger partial charge is 0.480 e. The number of carboxylic acid groups (broad SMARTS) is 1. The molecule has 1 aliphatic rings. The Kier molecular flexibility index (Phi) is 5.16. The summed E-state index contributed by atoms with van der Waals surface area (Å²) in [6.45, 7) is 1.79. The van der Waals surface area contributed by atoms with Crippen LogP contribution in [0.25, 0.3) is 0 Å². The maximum Gasteiger partial charge on any atom is 0.326 e. The average Bonchev–Trinajstić information content (AvgIpc) is 3.30. The standard InChI is InChI=1S/C19H23N3O3/c1-14(19(24)25)21(13-15-7-3-2-4-8-15)18(23)17-11-12-20-22(17)16-9-5-6-10-16/h2-4,7-8,11-12,14,16H,5-6,9-10,13H2,1H3,(H,24,25). The molecule has 0 aliphatic heterocycles. The van der Waals surface area contributed by atoms with E-state index in [4.69, 9.17) is 0 Å². The van der Waals surface area contributed by atoms with Crippen molar-refractivity contribution in [2.24, 2.45) is 0 Å². The van der Waals surface area contributed by atoms with Gasteiger partial charge in [-0.1, -0.05) is 43.2 Å². The molecule has 2 aromatic rings. The number of carbonyl (C=O) groups is 2. The maximum absolute atomic E-state index is 13.1. The van der Waals surface area contributed by atoms with Gasteiger partial charge in [-0.3, -0.25) is 9.48 Å². The van der Waals surface area contributed by atoms with Gasteiger partial charge in [0.25, 0.3) is 5.91 Å². The third-order valence-electron chi connectivity index (χ3n) is 4.84. The molecular formula is C19H23N3O3. The molecule has 1 atom stereocenters. The van der Waals surface area contributed by atoms with Crippen LogP contribution in [0.3, 0.4) is 0 Å². The van der Waals surface area contributed by atoms with Crippen LogP contribution in [-0.4, -0.2) is 37.7 Å². The molecule has 1 fully saturated rings. The molecule has 0 bridgehead atoms. The predicted octanol–water partition coefficient (Wildman–Crippen LogP) is 3.11. The lowest BCUT2D eigenvalue weighted by molar-refractivity contribution is -0.141. The van der Waals surface area contributed by atoms with Gasteiger partial charge >= 0.3 is 5.97 Å². The number of carboxylic acids is 1. The van der Waals surface area contributed by atoms with E-state index >= 15 is 0 Å². The van der Waals surface area contributed by atoms with Crippen LogP contribution >= 0.6 is 0 Å². The first kappa shape index (κ1) is 17.2. The second-order valence-corrected chi connectivity index (χ2v) is 6.53. The van der Waals surface area contributed by atoms with E-state index in [0.29, 0.717) is 5.69 Å². The van der Waals surface area contributed by atoms with Crippen LogP contribution in [0.2, 0.25) is 0 Å². The Hall–Kier alpha value is -2.63. The van der Waals surface area contributed by atoms with E-state index in [1.807, 2.05) is 30.3 Å². The third kappa shape index (κ3) is 3.73. The van der Waals surface area contributed by atoms with Crippen molar-refractivity contribution < 1.29 is 14.7 Å². The van der Waals surface area contributed by atoms with Gasteiger partial charge in [0.2, 0.25) is 0 Å². The molecule has 0 spiro atoms. The summed E-state index contributed by atoms with van der Waals surface area (Å²) < 4.78 is 1.78. The van der Waals surface area contributed by atoms with Crippen LogP contribution in [-0.2, 0) is 11.3 Å². The molecule has 6 nitrogen and oxygen atoms in total. The number of hydrogen-bond donors (Lipinski definition) is 1. The zero-order valence-electron chi connectivity index (χ0n) is 14.3. The van der Waals surface area contributed by atoms with Crippen molar-refractivity contribution in [1.82, 2.24) is 14.7 Å². The van der Waals surface area contributed by atoms with Crippen molar-refractivity contribution in [3.63, 3.8) is 0 Å². The minimum absolute atomic E-state index is 0.229. The van der Waals surface area contributed by atoms with Crippen LogP contribution in [0, 0.1) is 0 Å². The molecule has 132 valence electrons. The van der Waals surface area contributed by atoms with E-state index in [-0.39, 0.29) is 18.5 Å². The Morgan fingerprint density at radius 2 is 1.92 bits per heavy atom. The molecular weight excluding hydrogens is 318 g/mol. The molecule has 25 heavy (non-hydrogen) atoms. The highest BCUT2D eigenvalue weighted by Crippen LogP contribution is 2.30. The van der Waals surface area contributed by atoms with Crippen molar-refractivity contribution in [1.29, 1.82) is 0 Å². The van der Waals surface area contributed by atoms with Gasteiger partial charge in [0.1, 0.15) is 11.7 Å². The summed E-state index contributed by atoms with van der Waals surface area (Å²) in [4.78, 5) is 26.1. The molecule has 3 rings (SSSR count). The molecule has 1 aromatic carbocycles. The average molecular weight is 341 g/mol. The second-order valence-electron chi connectivity index (χ2n) is 6.53. The maximum atomic E-state index is 13.1. The molecule has 1 aromatic heterocycles. The Morgan fingerprint density at radius 1 is 1.24 bits per heavy atom. The van der Waals surface area contributed by atoms with E-state index in [1.165, 1.54) is 4.90 Å². The number of aliphatic carboxylic acids is 1. The highest BCUT2D eigenvalue weighted by molar-refractivity contribution is 5.95. The first-order valence-electron chi connectivity index (χ1n) is 8.69. The fourth-order valence-electron chi connectivity index (χ4n) is 3.37. The topological polar surface area (TPSA) is 75.4 Å². The molecule has 1 saturated carbocycles. The Morgan fingerprint density at radius 3 is 2.56 bits per heavy atom. The van der Waals surface area contributed by atoms with Crippen molar-refractivity contribution in [2.45, 2.75) is 51.2 Å². The number of benzene rings is 1. The molecule has 0 radical (unpaired) electrons. The van der Waals surface area contributed by atoms with Gasteiger partial charge in [-0.2, -0.15) is 5.10 Å². The smallest absolute Gasteiger partial charge is 0.326 e. The van der Waals surface area contributed by atoms with Crippen LogP contribution < -0.4 is 0 Å². The number of carbonyl (C=O) groups excluding carboxylic acids is 1. The van der Waals surface area contributed by atoms with Crippen molar-refractivity contribution >= 4 is 11.9 Å². The number of aromatic nitrogens is 2. The minimum Gasteiger partial charge on any atom is -0.480 e. The summed E-state index contributed by atoms with van der Waals surface area (Å²) in [5.74, 6) is -1.31. The number of nitrogens with zero attached hydrogens (tertiary/aromatic N) is 3. The van der Waals surface area contributed by atoms with E-state index in [9.17, 15) is 14.7 Å². The lowest BCUT2D eigenvalue weighted by Crippen LogP contribution is -2.43. The molecule has 6 heteroatoms. The normalized spacial score (nSPS) is 15.9. The molecule has 0 saturated heterocycles. The van der Waals surface area contributed by atoms with Gasteiger partial charge in [0, 0.05) is 12.7 Å². The van der Waals surface area contributed by atoms with E-state index in [2.05, 4.69) is 5.10 Å². The van der Waals surface area contributed by atoms with Crippen LogP contribution in [0.15, 0.2) is 42.6 Å². The van der Waals surface area contributed by atoms with E-state index in [1.54, 1.807) is 23.9 Å². The Bertz CT molecular complexity index is 735. The zero-order chi connectivity index (χ0) is 17.8. The van der Waals surface area contributed by atoms with Crippen molar-refractivity contribution in [3.8, 4) is 0 Å². The van der Waals surface area contributed by atoms with Gasteiger partial charge < -0.3 is 10.0 Å². The summed E-state index contributed by atoms with van der Waals surface area (Å²) in [5, 5.41) is 13.8. The minimum atomic E-state index is -1.02. The second kappa shape index (κ2) is 7.51. The van der Waals surface area contributed by atoms with Crippen LogP contribution in [0.4, 0.5) is 0 Å².